The second kappa shape index (κ2) is 6.86. The van der Waals surface area contributed by atoms with Crippen LogP contribution in [-0.2, 0) is 14.8 Å². The number of rotatable bonds is 6. The van der Waals surface area contributed by atoms with E-state index in [-0.39, 0.29) is 29.3 Å². The first kappa shape index (κ1) is 17.4. The van der Waals surface area contributed by atoms with Crippen molar-refractivity contribution in [2.24, 2.45) is 0 Å². The van der Waals surface area contributed by atoms with E-state index in [0.717, 1.165) is 0 Å². The maximum atomic E-state index is 12.2. The van der Waals surface area contributed by atoms with Gasteiger partial charge in [0, 0.05) is 37.9 Å². The van der Waals surface area contributed by atoms with E-state index in [4.69, 9.17) is 0 Å². The molecule has 0 aromatic carbocycles. The van der Waals surface area contributed by atoms with Gasteiger partial charge in [-0.1, -0.05) is 0 Å². The van der Waals surface area contributed by atoms with E-state index in [0.29, 0.717) is 5.69 Å². The molecule has 0 aliphatic rings. The van der Waals surface area contributed by atoms with Crippen LogP contribution in [0.5, 0.6) is 0 Å². The van der Waals surface area contributed by atoms with E-state index in [2.05, 4.69) is 20.3 Å². The summed E-state index contributed by atoms with van der Waals surface area (Å²) in [4.78, 5) is 15.5. The van der Waals surface area contributed by atoms with Crippen molar-refractivity contribution >= 4 is 21.6 Å². The summed E-state index contributed by atoms with van der Waals surface area (Å²) in [5.41, 5.74) is 0.121. The highest BCUT2D eigenvalue weighted by molar-refractivity contribution is 7.89. The van der Waals surface area contributed by atoms with Crippen LogP contribution in [-0.4, -0.2) is 38.4 Å². The number of pyridine rings is 1. The number of nitrogens with zero attached hydrogens (tertiary/aromatic N) is 1. The van der Waals surface area contributed by atoms with Crippen LogP contribution in [0.25, 0.3) is 0 Å². The number of nitrogens with one attached hydrogen (secondary N) is 3. The lowest BCUT2D eigenvalue weighted by molar-refractivity contribution is -0.122. The van der Waals surface area contributed by atoms with E-state index < -0.39 is 10.0 Å². The molecule has 0 bridgehead atoms. The van der Waals surface area contributed by atoms with Gasteiger partial charge < -0.3 is 10.6 Å². The fourth-order valence-electron chi connectivity index (χ4n) is 1.66. The zero-order valence-electron chi connectivity index (χ0n) is 12.7. The lowest BCUT2D eigenvalue weighted by atomic mass is 10.1. The number of carbonyl (C=O) groups is 1. The molecule has 1 aromatic rings. The molecule has 0 atom stereocenters. The molecule has 0 saturated heterocycles. The predicted octanol–water partition coefficient (Wildman–Crippen LogP) is 0.706. The van der Waals surface area contributed by atoms with Crippen LogP contribution in [0.3, 0.4) is 0 Å². The summed E-state index contributed by atoms with van der Waals surface area (Å²) < 4.78 is 26.7. The molecule has 0 fully saturated rings. The molecule has 7 nitrogen and oxygen atoms in total. The van der Waals surface area contributed by atoms with Crippen molar-refractivity contribution in [2.75, 3.05) is 18.9 Å². The van der Waals surface area contributed by atoms with Crippen LogP contribution in [0.2, 0.25) is 0 Å². The van der Waals surface area contributed by atoms with E-state index in [1.807, 2.05) is 20.8 Å². The Balaban J connectivity index is 2.64. The molecule has 1 heterocycles. The van der Waals surface area contributed by atoms with Crippen LogP contribution >= 0.6 is 0 Å². The molecule has 21 heavy (non-hydrogen) atoms. The summed E-state index contributed by atoms with van der Waals surface area (Å²) >= 11 is 0. The predicted molar refractivity (Wildman–Crippen MR) is 81.5 cm³/mol. The Morgan fingerprint density at radius 3 is 2.57 bits per heavy atom. The first-order valence-electron chi connectivity index (χ1n) is 6.58. The highest BCUT2D eigenvalue weighted by Crippen LogP contribution is 2.18. The average molecular weight is 314 g/mol. The van der Waals surface area contributed by atoms with Gasteiger partial charge in [0.15, 0.2) is 0 Å². The van der Waals surface area contributed by atoms with Gasteiger partial charge in [0.2, 0.25) is 15.9 Å². The van der Waals surface area contributed by atoms with E-state index >= 15 is 0 Å². The zero-order chi connectivity index (χ0) is 16.1. The van der Waals surface area contributed by atoms with Gasteiger partial charge in [0.25, 0.3) is 0 Å². The molecule has 0 aliphatic heterocycles. The molecular formula is C13H22N4O3S. The van der Waals surface area contributed by atoms with Gasteiger partial charge in [0.1, 0.15) is 4.90 Å². The normalized spacial score (nSPS) is 12.0. The largest absolute Gasteiger partial charge is 0.387 e. The van der Waals surface area contributed by atoms with Gasteiger partial charge in [-0.05, 0) is 26.8 Å². The second-order valence-electron chi connectivity index (χ2n) is 5.57. The average Bonchev–Trinajstić information content (AvgIpc) is 2.36. The van der Waals surface area contributed by atoms with Gasteiger partial charge in [-0.25, -0.2) is 13.1 Å². The third-order valence-corrected chi connectivity index (χ3v) is 3.99. The molecule has 1 aromatic heterocycles. The van der Waals surface area contributed by atoms with Gasteiger partial charge in [-0.15, -0.1) is 0 Å². The Morgan fingerprint density at radius 1 is 1.33 bits per heavy atom. The third-order valence-electron chi connectivity index (χ3n) is 2.50. The summed E-state index contributed by atoms with van der Waals surface area (Å²) in [7, 11) is -2.07. The molecule has 8 heteroatoms. The minimum atomic E-state index is -3.70. The Kier molecular flexibility index (Phi) is 5.68. The van der Waals surface area contributed by atoms with Gasteiger partial charge in [0.05, 0.1) is 5.69 Å². The Hall–Kier alpha value is -1.67. The number of hydrogen-bond acceptors (Lipinski definition) is 5. The van der Waals surface area contributed by atoms with Crippen LogP contribution in [0.15, 0.2) is 23.4 Å². The quantitative estimate of drug-likeness (QED) is 0.718. The summed E-state index contributed by atoms with van der Waals surface area (Å²) in [6.07, 6.45) is 2.84. The van der Waals surface area contributed by atoms with Crippen LogP contribution in [0, 0.1) is 0 Å². The van der Waals surface area contributed by atoms with Crippen molar-refractivity contribution in [3.8, 4) is 0 Å². The molecular weight excluding hydrogens is 292 g/mol. The van der Waals surface area contributed by atoms with Crippen molar-refractivity contribution < 1.29 is 13.2 Å². The van der Waals surface area contributed by atoms with E-state index in [9.17, 15) is 13.2 Å². The molecule has 0 aliphatic carbocycles. The van der Waals surface area contributed by atoms with Crippen LogP contribution < -0.4 is 15.4 Å². The lowest BCUT2D eigenvalue weighted by Crippen LogP contribution is -2.42. The first-order valence-corrected chi connectivity index (χ1v) is 8.06. The summed E-state index contributed by atoms with van der Waals surface area (Å²) in [6, 6.07) is 1.57. The van der Waals surface area contributed by atoms with Crippen molar-refractivity contribution in [2.45, 2.75) is 37.6 Å². The number of anilines is 1. The van der Waals surface area contributed by atoms with Crippen molar-refractivity contribution in [1.29, 1.82) is 0 Å². The fraction of sp³-hybridized carbons (Fsp3) is 0.538. The lowest BCUT2D eigenvalue weighted by Gasteiger charge is -2.20. The highest BCUT2D eigenvalue weighted by atomic mass is 32.2. The summed E-state index contributed by atoms with van der Waals surface area (Å²) in [6.45, 7) is 5.63. The standard InChI is InChI=1S/C13H22N4O3S/c1-13(2,3)17-12(18)6-8-16-21(19,20)11-9-15-7-5-10(11)14-4/h5,7,9,16H,6,8H2,1-4H3,(H,14,15)(H,17,18). The number of sulfonamides is 1. The first-order chi connectivity index (χ1) is 9.65. The molecule has 0 spiro atoms. The Morgan fingerprint density at radius 2 is 2.00 bits per heavy atom. The maximum Gasteiger partial charge on any atom is 0.244 e. The SMILES string of the molecule is CNc1ccncc1S(=O)(=O)NCCC(=O)NC(C)(C)C. The van der Waals surface area contributed by atoms with Gasteiger partial charge in [-0.3, -0.25) is 9.78 Å². The molecule has 1 amide bonds. The van der Waals surface area contributed by atoms with Crippen molar-refractivity contribution in [1.82, 2.24) is 15.0 Å². The van der Waals surface area contributed by atoms with Crippen molar-refractivity contribution in [3.63, 3.8) is 0 Å². The van der Waals surface area contributed by atoms with Crippen LogP contribution in [0.1, 0.15) is 27.2 Å². The van der Waals surface area contributed by atoms with Gasteiger partial charge in [-0.2, -0.15) is 0 Å². The zero-order valence-corrected chi connectivity index (χ0v) is 13.5. The fourth-order valence-corrected chi connectivity index (χ4v) is 2.84. The highest BCUT2D eigenvalue weighted by Gasteiger charge is 2.19. The van der Waals surface area contributed by atoms with E-state index in [1.165, 1.54) is 12.4 Å². The Labute approximate surface area is 125 Å². The minimum Gasteiger partial charge on any atom is -0.387 e. The molecule has 3 N–H and O–H groups in total. The smallest absolute Gasteiger partial charge is 0.244 e. The summed E-state index contributed by atoms with van der Waals surface area (Å²) in [5, 5.41) is 5.56. The second-order valence-corrected chi connectivity index (χ2v) is 7.30. The monoisotopic (exact) mass is 314 g/mol. The number of aromatic nitrogens is 1. The maximum absolute atomic E-state index is 12.2. The van der Waals surface area contributed by atoms with Crippen molar-refractivity contribution in [3.05, 3.63) is 18.5 Å². The topological polar surface area (TPSA) is 100 Å². The molecule has 1 rings (SSSR count). The number of amides is 1. The number of carbonyl (C=O) groups excluding carboxylic acids is 1. The van der Waals surface area contributed by atoms with Gasteiger partial charge >= 0.3 is 0 Å². The molecule has 0 saturated carbocycles. The molecule has 0 radical (unpaired) electrons. The molecule has 0 unspecified atom stereocenters. The minimum absolute atomic E-state index is 0.0301. The van der Waals surface area contributed by atoms with E-state index in [1.54, 1.807) is 13.1 Å². The van der Waals surface area contributed by atoms with Crippen LogP contribution in [0.4, 0.5) is 5.69 Å². The third kappa shape index (κ3) is 5.68. The number of hydrogen-bond donors (Lipinski definition) is 3. The summed E-state index contributed by atoms with van der Waals surface area (Å²) in [5.74, 6) is -0.203. The Bertz CT molecular complexity index is 594. The molecule has 118 valence electrons.